The second-order valence-corrected chi connectivity index (χ2v) is 8.11. The highest BCUT2D eigenvalue weighted by molar-refractivity contribution is 9.10. The number of ether oxygens (including phenoxy) is 1. The van der Waals surface area contributed by atoms with E-state index in [0.717, 1.165) is 4.47 Å². The Balaban J connectivity index is 1.93. The van der Waals surface area contributed by atoms with E-state index in [9.17, 15) is 14.7 Å². The van der Waals surface area contributed by atoms with Crippen molar-refractivity contribution in [3.05, 3.63) is 93.2 Å². The number of nitrogens with zero attached hydrogens (tertiary/aromatic N) is 2. The first kappa shape index (κ1) is 21.1. The van der Waals surface area contributed by atoms with Crippen molar-refractivity contribution in [3.63, 3.8) is 0 Å². The summed E-state index contributed by atoms with van der Waals surface area (Å²) in [6.45, 7) is 0. The molecule has 2 aromatic carbocycles. The van der Waals surface area contributed by atoms with Crippen molar-refractivity contribution < 1.29 is 19.4 Å². The van der Waals surface area contributed by atoms with E-state index < -0.39 is 17.7 Å². The van der Waals surface area contributed by atoms with Gasteiger partial charge in [0.25, 0.3) is 11.7 Å². The molecule has 1 aliphatic heterocycles. The summed E-state index contributed by atoms with van der Waals surface area (Å²) in [4.78, 5) is 31.6. The normalized spacial score (nSPS) is 17.8. The number of rotatable bonds is 4. The predicted molar refractivity (Wildman–Crippen MR) is 121 cm³/mol. The minimum absolute atomic E-state index is 0.0424. The third-order valence-electron chi connectivity index (χ3n) is 4.96. The molecule has 2 heterocycles. The molecule has 1 atom stereocenters. The van der Waals surface area contributed by atoms with E-state index in [4.69, 9.17) is 16.3 Å². The number of anilines is 1. The molecule has 0 saturated carbocycles. The minimum atomic E-state index is -0.858. The Morgan fingerprint density at radius 2 is 1.97 bits per heavy atom. The monoisotopic (exact) mass is 498 g/mol. The molecule has 1 fully saturated rings. The number of ketones is 1. The summed E-state index contributed by atoms with van der Waals surface area (Å²) in [5.41, 5.74) is 1.35. The maximum atomic E-state index is 13.1. The van der Waals surface area contributed by atoms with E-state index in [2.05, 4.69) is 20.9 Å². The van der Waals surface area contributed by atoms with Gasteiger partial charge in [0.15, 0.2) is 0 Å². The number of aromatic nitrogens is 1. The molecule has 0 spiro atoms. The van der Waals surface area contributed by atoms with Crippen molar-refractivity contribution >= 4 is 50.7 Å². The number of amides is 1. The Labute approximate surface area is 191 Å². The number of benzene rings is 2. The zero-order chi connectivity index (χ0) is 22.1. The van der Waals surface area contributed by atoms with Crippen LogP contribution in [-0.2, 0) is 9.59 Å². The number of Topliss-reactive ketones (excluding diaryl/α,β-unsaturated/α-hetero) is 1. The number of aliphatic hydroxyl groups is 1. The molecule has 3 aromatic rings. The topological polar surface area (TPSA) is 79.7 Å². The van der Waals surface area contributed by atoms with Gasteiger partial charge in [-0.05, 0) is 48.0 Å². The number of methoxy groups -OCH3 is 1. The molecule has 1 amide bonds. The summed E-state index contributed by atoms with van der Waals surface area (Å²) in [6, 6.07) is 14.3. The van der Waals surface area contributed by atoms with Crippen LogP contribution < -0.4 is 9.64 Å². The van der Waals surface area contributed by atoms with E-state index in [1.807, 2.05) is 6.07 Å². The van der Waals surface area contributed by atoms with Crippen LogP contribution in [0, 0.1) is 0 Å². The molecule has 31 heavy (non-hydrogen) atoms. The van der Waals surface area contributed by atoms with Gasteiger partial charge in [-0.15, -0.1) is 0 Å². The van der Waals surface area contributed by atoms with E-state index in [0.29, 0.717) is 22.6 Å². The molecule has 1 N–H and O–H groups in total. The smallest absolute Gasteiger partial charge is 0.300 e. The summed E-state index contributed by atoms with van der Waals surface area (Å²) in [5.74, 6) is -1.43. The first-order valence-corrected chi connectivity index (χ1v) is 10.4. The highest BCUT2D eigenvalue weighted by atomic mass is 79.9. The quantitative estimate of drug-likeness (QED) is 0.306. The highest BCUT2D eigenvalue weighted by Gasteiger charge is 2.47. The van der Waals surface area contributed by atoms with Crippen LogP contribution in [0.3, 0.4) is 0 Å². The van der Waals surface area contributed by atoms with Crippen LogP contribution in [-0.4, -0.2) is 28.9 Å². The zero-order valence-corrected chi connectivity index (χ0v) is 18.6. The summed E-state index contributed by atoms with van der Waals surface area (Å²) < 4.78 is 5.90. The lowest BCUT2D eigenvalue weighted by atomic mass is 9.96. The maximum absolute atomic E-state index is 13.1. The van der Waals surface area contributed by atoms with Crippen molar-refractivity contribution in [2.24, 2.45) is 0 Å². The molecular weight excluding hydrogens is 484 g/mol. The second-order valence-electron chi connectivity index (χ2n) is 6.78. The van der Waals surface area contributed by atoms with Crippen LogP contribution in [0.15, 0.2) is 77.0 Å². The fourth-order valence-electron chi connectivity index (χ4n) is 3.55. The molecule has 6 nitrogen and oxygen atoms in total. The van der Waals surface area contributed by atoms with Crippen molar-refractivity contribution in [2.75, 3.05) is 12.0 Å². The van der Waals surface area contributed by atoms with Gasteiger partial charge in [-0.1, -0.05) is 39.7 Å². The van der Waals surface area contributed by atoms with Gasteiger partial charge in [0.1, 0.15) is 11.5 Å². The molecule has 0 aliphatic carbocycles. The van der Waals surface area contributed by atoms with Gasteiger partial charge in [-0.2, -0.15) is 0 Å². The SMILES string of the molecule is COc1ccc(/C(O)=C2\C(=O)C(=O)N(c3cccc(Br)c3)C2c2cccnc2)cc1Cl. The number of halogens is 2. The Morgan fingerprint density at radius 3 is 2.61 bits per heavy atom. The molecule has 0 bridgehead atoms. The Kier molecular flexibility index (Phi) is 5.80. The van der Waals surface area contributed by atoms with Crippen LogP contribution in [0.5, 0.6) is 5.75 Å². The van der Waals surface area contributed by atoms with Crippen LogP contribution >= 0.6 is 27.5 Å². The predicted octanol–water partition coefficient (Wildman–Crippen LogP) is 5.13. The van der Waals surface area contributed by atoms with E-state index >= 15 is 0 Å². The Morgan fingerprint density at radius 1 is 1.16 bits per heavy atom. The number of hydrogen-bond acceptors (Lipinski definition) is 5. The number of carbonyl (C=O) groups excluding carboxylic acids is 2. The summed E-state index contributed by atoms with van der Waals surface area (Å²) in [5, 5.41) is 11.4. The Bertz CT molecular complexity index is 1210. The molecule has 0 radical (unpaired) electrons. The molecule has 4 rings (SSSR count). The Hall–Kier alpha value is -3.16. The van der Waals surface area contributed by atoms with Gasteiger partial charge in [0.05, 0.1) is 23.7 Å². The standard InChI is InChI=1S/C23H16BrClN2O4/c1-31-18-8-7-13(10-17(18)25)21(28)19-20(14-4-3-9-26-12-14)27(23(30)22(19)29)16-6-2-5-15(24)11-16/h2-12,20,28H,1H3/b21-19+. The maximum Gasteiger partial charge on any atom is 0.300 e. The van der Waals surface area contributed by atoms with Gasteiger partial charge in [0, 0.05) is 28.1 Å². The highest BCUT2D eigenvalue weighted by Crippen LogP contribution is 2.42. The average molecular weight is 500 g/mol. The molecule has 156 valence electrons. The molecule has 1 aliphatic rings. The molecule has 8 heteroatoms. The van der Waals surface area contributed by atoms with Crippen molar-refractivity contribution in [1.82, 2.24) is 4.98 Å². The number of carbonyl (C=O) groups is 2. The molecule has 1 unspecified atom stereocenters. The van der Waals surface area contributed by atoms with E-state index in [1.165, 1.54) is 18.1 Å². The first-order chi connectivity index (χ1) is 14.9. The number of hydrogen-bond donors (Lipinski definition) is 1. The van der Waals surface area contributed by atoms with E-state index in [-0.39, 0.29) is 16.4 Å². The first-order valence-electron chi connectivity index (χ1n) is 9.22. The van der Waals surface area contributed by atoms with Gasteiger partial charge >= 0.3 is 0 Å². The van der Waals surface area contributed by atoms with Crippen LogP contribution in [0.1, 0.15) is 17.2 Å². The van der Waals surface area contributed by atoms with Crippen molar-refractivity contribution in [2.45, 2.75) is 6.04 Å². The lowest BCUT2D eigenvalue weighted by Gasteiger charge is -2.25. The molecule has 1 aromatic heterocycles. The zero-order valence-electron chi connectivity index (χ0n) is 16.3. The third-order valence-corrected chi connectivity index (χ3v) is 5.74. The fraction of sp³-hybridized carbons (Fsp3) is 0.0870. The summed E-state index contributed by atoms with van der Waals surface area (Å²) in [6.07, 6.45) is 3.16. The summed E-state index contributed by atoms with van der Waals surface area (Å²) >= 11 is 9.60. The number of pyridine rings is 1. The number of aliphatic hydroxyl groups excluding tert-OH is 1. The van der Waals surface area contributed by atoms with Crippen LogP contribution in [0.4, 0.5) is 5.69 Å². The molecular formula is C23H16BrClN2O4. The van der Waals surface area contributed by atoms with Gasteiger partial charge in [0.2, 0.25) is 0 Å². The minimum Gasteiger partial charge on any atom is -0.507 e. The van der Waals surface area contributed by atoms with Gasteiger partial charge < -0.3 is 9.84 Å². The average Bonchev–Trinajstić information content (AvgIpc) is 3.04. The van der Waals surface area contributed by atoms with Gasteiger partial charge in [-0.3, -0.25) is 19.5 Å². The van der Waals surface area contributed by atoms with Crippen LogP contribution in [0.2, 0.25) is 5.02 Å². The lowest BCUT2D eigenvalue weighted by molar-refractivity contribution is -0.132. The fourth-order valence-corrected chi connectivity index (χ4v) is 4.19. The van der Waals surface area contributed by atoms with Crippen molar-refractivity contribution in [3.8, 4) is 5.75 Å². The third kappa shape index (κ3) is 3.82. The van der Waals surface area contributed by atoms with Crippen LogP contribution in [0.25, 0.3) is 5.76 Å². The molecule has 1 saturated heterocycles. The van der Waals surface area contributed by atoms with Gasteiger partial charge in [-0.25, -0.2) is 0 Å². The van der Waals surface area contributed by atoms with E-state index in [1.54, 1.807) is 54.9 Å². The summed E-state index contributed by atoms with van der Waals surface area (Å²) in [7, 11) is 1.48. The van der Waals surface area contributed by atoms with Crippen molar-refractivity contribution in [1.29, 1.82) is 0 Å². The largest absolute Gasteiger partial charge is 0.507 e. The lowest BCUT2D eigenvalue weighted by Crippen LogP contribution is -2.29. The second kappa shape index (κ2) is 8.53.